The number of carbonyl (C=O) groups is 1. The van der Waals surface area contributed by atoms with Crippen LogP contribution in [0.1, 0.15) is 44.6 Å². The van der Waals surface area contributed by atoms with Crippen LogP contribution in [0.2, 0.25) is 0 Å². The van der Waals surface area contributed by atoms with E-state index in [1.165, 1.54) is 16.8 Å². The first-order valence-electron chi connectivity index (χ1n) is 10.5. The summed E-state index contributed by atoms with van der Waals surface area (Å²) in [5.74, 6) is -0.125. The Kier molecular flexibility index (Phi) is 7.91. The lowest BCUT2D eigenvalue weighted by molar-refractivity contribution is -0.143. The zero-order valence-corrected chi connectivity index (χ0v) is 17.6. The monoisotopic (exact) mass is 425 g/mol. The molecule has 0 bridgehead atoms. The lowest BCUT2D eigenvalue weighted by Gasteiger charge is -2.05. The summed E-state index contributed by atoms with van der Waals surface area (Å²) in [6.45, 7) is 3.40. The van der Waals surface area contributed by atoms with Crippen molar-refractivity contribution in [2.75, 3.05) is 6.61 Å². The Bertz CT molecular complexity index is 1100. The molecule has 3 aromatic rings. The molecule has 1 aromatic carbocycles. The predicted octanol–water partition coefficient (Wildman–Crippen LogP) is 2.36. The second-order valence-electron chi connectivity index (χ2n) is 7.27. The molecule has 3 rings (SSSR count). The van der Waals surface area contributed by atoms with Gasteiger partial charge in [0.25, 0.3) is 5.56 Å². The molecule has 9 nitrogen and oxygen atoms in total. The molecule has 2 heterocycles. The minimum atomic E-state index is -0.430. The Morgan fingerprint density at radius 1 is 1.06 bits per heavy atom. The van der Waals surface area contributed by atoms with E-state index in [9.17, 15) is 14.4 Å². The number of unbranched alkanes of at least 4 members (excludes halogenated alkanes) is 3. The Hall–Kier alpha value is -3.49. The molecule has 0 unspecified atom stereocenters. The first-order valence-corrected chi connectivity index (χ1v) is 10.5. The Labute approximate surface area is 179 Å². The third kappa shape index (κ3) is 6.77. The fraction of sp³-hybridized carbons (Fsp3) is 0.409. The first kappa shape index (κ1) is 22.2. The van der Waals surface area contributed by atoms with E-state index in [0.717, 1.165) is 49.0 Å². The van der Waals surface area contributed by atoms with Crippen LogP contribution >= 0.6 is 0 Å². The van der Waals surface area contributed by atoms with Crippen LogP contribution in [0, 0.1) is 0 Å². The van der Waals surface area contributed by atoms with Crippen LogP contribution in [0.5, 0.6) is 0 Å². The molecule has 0 fully saturated rings. The van der Waals surface area contributed by atoms with Crippen LogP contribution in [0.3, 0.4) is 0 Å². The molecule has 0 aliphatic carbocycles. The van der Waals surface area contributed by atoms with Crippen molar-refractivity contribution in [2.45, 2.75) is 52.1 Å². The number of hydrogen-bond acceptors (Lipinski definition) is 6. The molecule has 0 saturated carbocycles. The van der Waals surface area contributed by atoms with Crippen LogP contribution in [0.4, 0.5) is 0 Å². The summed E-state index contributed by atoms with van der Waals surface area (Å²) in [6, 6.07) is 9.06. The van der Waals surface area contributed by atoms with Gasteiger partial charge in [-0.2, -0.15) is 0 Å². The lowest BCUT2D eigenvalue weighted by atomic mass is 10.1. The van der Waals surface area contributed by atoms with Crippen molar-refractivity contribution in [3.8, 4) is 11.3 Å². The maximum Gasteiger partial charge on any atom is 0.328 e. The van der Waals surface area contributed by atoms with Crippen molar-refractivity contribution >= 4 is 5.97 Å². The standard InChI is InChI=1S/C22H27N5O4/c1-2-31-21(29)7-5-3-4-6-13-27-16-19(24-25-27)18-10-8-17(9-11-18)15-26-14-12-20(28)23-22(26)30/h8-12,14,16H,2-7,13,15H2,1H3,(H,23,28,30). The zero-order chi connectivity index (χ0) is 22.1. The predicted molar refractivity (Wildman–Crippen MR) is 116 cm³/mol. The molecule has 0 aliphatic rings. The largest absolute Gasteiger partial charge is 0.466 e. The van der Waals surface area contributed by atoms with Crippen molar-refractivity contribution in [3.05, 3.63) is 69.1 Å². The van der Waals surface area contributed by atoms with Crippen molar-refractivity contribution in [1.29, 1.82) is 0 Å². The number of aromatic nitrogens is 5. The third-order valence-electron chi connectivity index (χ3n) is 4.86. The van der Waals surface area contributed by atoms with Gasteiger partial charge in [-0.15, -0.1) is 5.10 Å². The van der Waals surface area contributed by atoms with Gasteiger partial charge in [0, 0.05) is 30.8 Å². The molecule has 0 radical (unpaired) electrons. The molecule has 0 aliphatic heterocycles. The van der Waals surface area contributed by atoms with Gasteiger partial charge in [-0.3, -0.25) is 23.8 Å². The first-order chi connectivity index (χ1) is 15.0. The van der Waals surface area contributed by atoms with Crippen LogP contribution in [-0.4, -0.2) is 37.1 Å². The smallest absolute Gasteiger partial charge is 0.328 e. The summed E-state index contributed by atoms with van der Waals surface area (Å²) >= 11 is 0. The molecule has 164 valence electrons. The molecule has 0 saturated heterocycles. The molecule has 31 heavy (non-hydrogen) atoms. The second-order valence-corrected chi connectivity index (χ2v) is 7.27. The maximum atomic E-state index is 11.8. The average molecular weight is 425 g/mol. The van der Waals surface area contributed by atoms with E-state index < -0.39 is 11.2 Å². The van der Waals surface area contributed by atoms with Gasteiger partial charge in [0.15, 0.2) is 0 Å². The molecule has 9 heteroatoms. The average Bonchev–Trinajstić information content (AvgIpc) is 3.22. The van der Waals surface area contributed by atoms with Crippen molar-refractivity contribution in [1.82, 2.24) is 24.5 Å². The number of nitrogens with one attached hydrogen (secondary N) is 1. The van der Waals surface area contributed by atoms with E-state index >= 15 is 0 Å². The van der Waals surface area contributed by atoms with Gasteiger partial charge in [0.05, 0.1) is 19.3 Å². The number of rotatable bonds is 11. The van der Waals surface area contributed by atoms with Gasteiger partial charge in [-0.25, -0.2) is 4.79 Å². The minimum absolute atomic E-state index is 0.125. The number of aromatic amines is 1. The van der Waals surface area contributed by atoms with Crippen molar-refractivity contribution in [3.63, 3.8) is 0 Å². The molecule has 0 spiro atoms. The summed E-state index contributed by atoms with van der Waals surface area (Å²) in [4.78, 5) is 36.5. The summed E-state index contributed by atoms with van der Waals surface area (Å²) in [5.41, 5.74) is 1.83. The highest BCUT2D eigenvalue weighted by atomic mass is 16.5. The van der Waals surface area contributed by atoms with Crippen molar-refractivity contribution < 1.29 is 9.53 Å². The van der Waals surface area contributed by atoms with E-state index in [4.69, 9.17) is 4.74 Å². The van der Waals surface area contributed by atoms with Crippen LogP contribution in [-0.2, 0) is 22.6 Å². The Morgan fingerprint density at radius 2 is 1.84 bits per heavy atom. The minimum Gasteiger partial charge on any atom is -0.466 e. The zero-order valence-electron chi connectivity index (χ0n) is 17.6. The lowest BCUT2D eigenvalue weighted by Crippen LogP contribution is -2.28. The molecule has 0 amide bonds. The quantitative estimate of drug-likeness (QED) is 0.373. The highest BCUT2D eigenvalue weighted by Gasteiger charge is 2.06. The summed E-state index contributed by atoms with van der Waals surface area (Å²) < 4.78 is 8.19. The second kappa shape index (κ2) is 11.1. The van der Waals surface area contributed by atoms with E-state index in [0.29, 0.717) is 19.6 Å². The van der Waals surface area contributed by atoms with Crippen LogP contribution in [0.25, 0.3) is 11.3 Å². The van der Waals surface area contributed by atoms with E-state index in [-0.39, 0.29) is 5.97 Å². The van der Waals surface area contributed by atoms with Crippen LogP contribution < -0.4 is 11.2 Å². The topological polar surface area (TPSA) is 112 Å². The number of aryl methyl sites for hydroxylation is 1. The fourth-order valence-electron chi connectivity index (χ4n) is 3.22. The van der Waals surface area contributed by atoms with Gasteiger partial charge in [0.2, 0.25) is 0 Å². The molecule has 0 atom stereocenters. The van der Waals surface area contributed by atoms with E-state index in [1.54, 1.807) is 0 Å². The van der Waals surface area contributed by atoms with E-state index in [1.807, 2.05) is 42.1 Å². The number of hydrogen-bond donors (Lipinski definition) is 1. The van der Waals surface area contributed by atoms with Gasteiger partial charge in [-0.05, 0) is 25.3 Å². The summed E-state index contributed by atoms with van der Waals surface area (Å²) in [6.07, 6.45) is 7.71. The number of H-pyrrole nitrogens is 1. The van der Waals surface area contributed by atoms with Crippen molar-refractivity contribution in [2.24, 2.45) is 0 Å². The molecule has 1 N–H and O–H groups in total. The Balaban J connectivity index is 1.46. The SMILES string of the molecule is CCOC(=O)CCCCCCn1cc(-c2ccc(Cn3ccc(=O)[nH]c3=O)cc2)nn1. The highest BCUT2D eigenvalue weighted by Crippen LogP contribution is 2.17. The summed E-state index contributed by atoms with van der Waals surface area (Å²) in [5, 5.41) is 8.43. The van der Waals surface area contributed by atoms with Gasteiger partial charge in [0.1, 0.15) is 5.69 Å². The number of carbonyl (C=O) groups excluding carboxylic acids is 1. The van der Waals surface area contributed by atoms with Gasteiger partial charge >= 0.3 is 11.7 Å². The van der Waals surface area contributed by atoms with Gasteiger partial charge in [-0.1, -0.05) is 42.3 Å². The normalized spacial score (nSPS) is 10.9. The molecular weight excluding hydrogens is 398 g/mol. The number of esters is 1. The fourth-order valence-corrected chi connectivity index (χ4v) is 3.22. The Morgan fingerprint density at radius 3 is 2.58 bits per heavy atom. The van der Waals surface area contributed by atoms with Crippen LogP contribution in [0.15, 0.2) is 52.3 Å². The number of benzene rings is 1. The number of ether oxygens (including phenoxy) is 1. The van der Waals surface area contributed by atoms with Gasteiger partial charge < -0.3 is 4.74 Å². The summed E-state index contributed by atoms with van der Waals surface area (Å²) in [7, 11) is 0. The molecule has 2 aromatic heterocycles. The number of nitrogens with zero attached hydrogens (tertiary/aromatic N) is 4. The maximum absolute atomic E-state index is 11.8. The van der Waals surface area contributed by atoms with E-state index in [2.05, 4.69) is 15.3 Å². The molecular formula is C22H27N5O4. The third-order valence-corrected chi connectivity index (χ3v) is 4.86. The highest BCUT2D eigenvalue weighted by molar-refractivity contribution is 5.69.